The number of aromatic carboxylic acids is 1. The largest absolute Gasteiger partial charge is 0.478 e. The number of carboxylic acid groups (broad SMARTS) is 1. The molecule has 0 radical (unpaired) electrons. The van der Waals surface area contributed by atoms with Crippen molar-refractivity contribution in [1.82, 2.24) is 0 Å². The minimum Gasteiger partial charge on any atom is -0.478 e. The molecule has 70 valence electrons. The summed E-state index contributed by atoms with van der Waals surface area (Å²) in [7, 11) is 0. The molecule has 0 aromatic heterocycles. The first-order valence-electron chi connectivity index (χ1n) is 3.83. The van der Waals surface area contributed by atoms with Crippen LogP contribution in [0.2, 0.25) is 0 Å². The summed E-state index contributed by atoms with van der Waals surface area (Å²) < 4.78 is 0. The summed E-state index contributed by atoms with van der Waals surface area (Å²) in [6.07, 6.45) is 0.442. The Bertz CT molecular complexity index is 443. The molecule has 0 unspecified atom stereocenters. The lowest BCUT2D eigenvalue weighted by Gasteiger charge is -2.03. The maximum absolute atomic E-state index is 10.8. The Hall–Kier alpha value is -2.15. The molecule has 0 amide bonds. The summed E-state index contributed by atoms with van der Waals surface area (Å²) in [4.78, 5) is 21.3. The summed E-state index contributed by atoms with van der Waals surface area (Å²) >= 11 is 0. The maximum atomic E-state index is 10.8. The molecule has 4 heteroatoms. The summed E-state index contributed by atoms with van der Waals surface area (Å²) in [6.45, 7) is 1.55. The van der Waals surface area contributed by atoms with Crippen LogP contribution in [-0.2, 0) is 0 Å². The molecule has 0 saturated heterocycles. The Balaban J connectivity index is 3.52. The quantitative estimate of drug-likeness (QED) is 0.713. The average Bonchev–Trinajstić information content (AvgIpc) is 2.15. The highest BCUT2D eigenvalue weighted by atomic mass is 16.4. The van der Waals surface area contributed by atoms with Crippen LogP contribution in [0.25, 0.3) is 0 Å². The summed E-state index contributed by atoms with van der Waals surface area (Å²) in [5.74, 6) is -1.16. The summed E-state index contributed by atoms with van der Waals surface area (Å²) in [5.41, 5.74) is 0.696. The van der Waals surface area contributed by atoms with Crippen LogP contribution in [-0.4, -0.2) is 17.4 Å². The van der Waals surface area contributed by atoms with Crippen molar-refractivity contribution in [1.29, 1.82) is 5.26 Å². The highest BCUT2D eigenvalue weighted by Crippen LogP contribution is 2.15. The lowest BCUT2D eigenvalue weighted by atomic mass is 10.00. The molecular weight excluding hydrogens is 182 g/mol. The van der Waals surface area contributed by atoms with Crippen LogP contribution in [0.3, 0.4) is 0 Å². The molecule has 0 heterocycles. The van der Waals surface area contributed by atoms with Crippen LogP contribution in [0.15, 0.2) is 12.1 Å². The molecule has 0 spiro atoms. The van der Waals surface area contributed by atoms with Crippen molar-refractivity contribution in [3.8, 4) is 6.07 Å². The topological polar surface area (TPSA) is 78.2 Å². The van der Waals surface area contributed by atoms with E-state index in [4.69, 9.17) is 10.4 Å². The minimum absolute atomic E-state index is 0.0362. The zero-order valence-corrected chi connectivity index (χ0v) is 7.44. The average molecular weight is 189 g/mol. The highest BCUT2D eigenvalue weighted by Gasteiger charge is 2.13. The molecule has 1 rings (SSSR count). The predicted molar refractivity (Wildman–Crippen MR) is 48.2 cm³/mol. The fourth-order valence-corrected chi connectivity index (χ4v) is 1.26. The highest BCUT2D eigenvalue weighted by molar-refractivity contribution is 5.98. The van der Waals surface area contributed by atoms with Gasteiger partial charge in [0.05, 0.1) is 17.2 Å². The third kappa shape index (κ3) is 1.62. The molecule has 0 bridgehead atoms. The van der Waals surface area contributed by atoms with E-state index in [1.807, 2.05) is 6.07 Å². The van der Waals surface area contributed by atoms with Crippen molar-refractivity contribution < 1.29 is 14.7 Å². The monoisotopic (exact) mass is 189 g/mol. The van der Waals surface area contributed by atoms with E-state index in [0.29, 0.717) is 11.8 Å². The Morgan fingerprint density at radius 2 is 2.21 bits per heavy atom. The zero-order valence-electron chi connectivity index (χ0n) is 7.44. The number of benzene rings is 1. The third-order valence-electron chi connectivity index (χ3n) is 1.84. The predicted octanol–water partition coefficient (Wildman–Crippen LogP) is 1.38. The molecule has 0 saturated carbocycles. The number of nitriles is 1. The number of aryl methyl sites for hydroxylation is 1. The minimum atomic E-state index is -1.16. The van der Waals surface area contributed by atoms with Gasteiger partial charge in [0.1, 0.15) is 0 Å². The number of hydrogen-bond donors (Lipinski definition) is 1. The number of hydrogen-bond acceptors (Lipinski definition) is 3. The fourth-order valence-electron chi connectivity index (χ4n) is 1.26. The van der Waals surface area contributed by atoms with Crippen LogP contribution in [0.1, 0.15) is 31.8 Å². The van der Waals surface area contributed by atoms with Gasteiger partial charge in [0.25, 0.3) is 0 Å². The number of rotatable bonds is 2. The van der Waals surface area contributed by atoms with E-state index in [1.54, 1.807) is 6.92 Å². The van der Waals surface area contributed by atoms with E-state index in [1.165, 1.54) is 12.1 Å². The number of nitrogens with zero attached hydrogens (tertiary/aromatic N) is 1. The Kier molecular flexibility index (Phi) is 2.63. The zero-order chi connectivity index (χ0) is 10.7. The smallest absolute Gasteiger partial charge is 0.336 e. The first-order valence-corrected chi connectivity index (χ1v) is 3.83. The van der Waals surface area contributed by atoms with Gasteiger partial charge < -0.3 is 5.11 Å². The molecule has 1 N–H and O–H groups in total. The van der Waals surface area contributed by atoms with Gasteiger partial charge in [-0.2, -0.15) is 5.26 Å². The van der Waals surface area contributed by atoms with Crippen molar-refractivity contribution in [2.24, 2.45) is 0 Å². The molecular formula is C10H7NO3. The van der Waals surface area contributed by atoms with E-state index < -0.39 is 5.97 Å². The Labute approximate surface area is 80.4 Å². The second-order valence-electron chi connectivity index (χ2n) is 2.79. The normalized spacial score (nSPS) is 9.14. The molecule has 14 heavy (non-hydrogen) atoms. The first kappa shape index (κ1) is 9.93. The van der Waals surface area contributed by atoms with Crippen molar-refractivity contribution in [2.45, 2.75) is 6.92 Å². The van der Waals surface area contributed by atoms with E-state index in [0.717, 1.165) is 0 Å². The van der Waals surface area contributed by atoms with Crippen molar-refractivity contribution in [3.05, 3.63) is 34.4 Å². The van der Waals surface area contributed by atoms with Gasteiger partial charge in [0.15, 0.2) is 6.29 Å². The first-order chi connectivity index (χ1) is 6.60. The van der Waals surface area contributed by atoms with Crippen molar-refractivity contribution in [3.63, 3.8) is 0 Å². The Morgan fingerprint density at radius 3 is 2.64 bits per heavy atom. The lowest BCUT2D eigenvalue weighted by molar-refractivity contribution is 0.0693. The van der Waals surface area contributed by atoms with Gasteiger partial charge in [0.2, 0.25) is 0 Å². The molecule has 0 aliphatic heterocycles. The number of carbonyl (C=O) groups is 2. The second kappa shape index (κ2) is 3.71. The van der Waals surface area contributed by atoms with Gasteiger partial charge in [-0.25, -0.2) is 4.79 Å². The number of carboxylic acids is 1. The van der Waals surface area contributed by atoms with Crippen LogP contribution in [0.4, 0.5) is 0 Å². The lowest BCUT2D eigenvalue weighted by Crippen LogP contribution is -2.05. The van der Waals surface area contributed by atoms with E-state index in [2.05, 4.69) is 0 Å². The van der Waals surface area contributed by atoms with Gasteiger partial charge in [0, 0.05) is 5.56 Å². The Morgan fingerprint density at radius 1 is 1.57 bits per heavy atom. The molecule has 1 aromatic carbocycles. The van der Waals surface area contributed by atoms with Gasteiger partial charge in [-0.05, 0) is 24.6 Å². The van der Waals surface area contributed by atoms with Gasteiger partial charge in [-0.3, -0.25) is 4.79 Å². The van der Waals surface area contributed by atoms with Crippen LogP contribution in [0, 0.1) is 18.3 Å². The number of carbonyl (C=O) groups excluding carboxylic acids is 1. The molecule has 0 aliphatic rings. The standard InChI is InChI=1S/C10H7NO3/c1-6-2-7(4-11)3-8(5-12)9(6)10(13)14/h2-3,5H,1H3,(H,13,14). The molecule has 0 atom stereocenters. The van der Waals surface area contributed by atoms with E-state index >= 15 is 0 Å². The SMILES string of the molecule is Cc1cc(C#N)cc(C=O)c1C(=O)O. The fraction of sp³-hybridized carbons (Fsp3) is 0.100. The molecule has 0 aliphatic carbocycles. The number of aldehydes is 1. The molecule has 1 aromatic rings. The van der Waals surface area contributed by atoms with Gasteiger partial charge >= 0.3 is 5.97 Å². The summed E-state index contributed by atoms with van der Waals surface area (Å²) in [6, 6.07) is 4.57. The second-order valence-corrected chi connectivity index (χ2v) is 2.79. The molecule has 4 nitrogen and oxygen atoms in total. The van der Waals surface area contributed by atoms with Crippen LogP contribution < -0.4 is 0 Å². The summed E-state index contributed by atoms with van der Waals surface area (Å²) in [5, 5.41) is 17.4. The van der Waals surface area contributed by atoms with Gasteiger partial charge in [-0.1, -0.05) is 0 Å². The van der Waals surface area contributed by atoms with Gasteiger partial charge in [-0.15, -0.1) is 0 Å². The molecule has 0 fully saturated rings. The third-order valence-corrected chi connectivity index (χ3v) is 1.84. The van der Waals surface area contributed by atoms with Crippen molar-refractivity contribution in [2.75, 3.05) is 0 Å². The van der Waals surface area contributed by atoms with Crippen molar-refractivity contribution >= 4 is 12.3 Å². The van der Waals surface area contributed by atoms with E-state index in [9.17, 15) is 9.59 Å². The van der Waals surface area contributed by atoms with Crippen LogP contribution in [0.5, 0.6) is 0 Å². The maximum Gasteiger partial charge on any atom is 0.336 e. The van der Waals surface area contributed by atoms with Crippen LogP contribution >= 0.6 is 0 Å². The van der Waals surface area contributed by atoms with E-state index in [-0.39, 0.29) is 16.7 Å².